The maximum absolute atomic E-state index is 11.7. The van der Waals surface area contributed by atoms with Crippen LogP contribution >= 0.6 is 11.6 Å². The molecule has 1 rings (SSSR count). The van der Waals surface area contributed by atoms with Crippen molar-refractivity contribution in [2.24, 2.45) is 5.41 Å². The average molecular weight is 358 g/mol. The van der Waals surface area contributed by atoms with Crippen molar-refractivity contribution in [3.8, 4) is 0 Å². The monoisotopic (exact) mass is 357 g/mol. The van der Waals surface area contributed by atoms with Gasteiger partial charge in [0, 0.05) is 19.2 Å². The van der Waals surface area contributed by atoms with Crippen LogP contribution in [0.15, 0.2) is 12.1 Å². The molecule has 8 nitrogen and oxygen atoms in total. The molecule has 0 aliphatic rings. The fourth-order valence-electron chi connectivity index (χ4n) is 2.07. The smallest absolute Gasteiger partial charge is 0.305 e. The van der Waals surface area contributed by atoms with Crippen LogP contribution in [-0.4, -0.2) is 35.0 Å². The van der Waals surface area contributed by atoms with E-state index in [1.54, 1.807) is 0 Å². The summed E-state index contributed by atoms with van der Waals surface area (Å²) in [6, 6.07) is 1.77. The molecule has 9 heteroatoms. The summed E-state index contributed by atoms with van der Waals surface area (Å²) < 4.78 is 0. The second kappa shape index (κ2) is 7.48. The number of nitro benzene ring substituents is 1. The first-order valence-corrected chi connectivity index (χ1v) is 7.53. The van der Waals surface area contributed by atoms with Crippen molar-refractivity contribution in [1.29, 1.82) is 0 Å². The number of hydrogen-bond donors (Lipinski definition) is 3. The molecule has 0 spiro atoms. The normalized spacial score (nSPS) is 12.4. The molecular formula is C15H20ClN3O5. The Labute approximate surface area is 144 Å². The fourth-order valence-corrected chi connectivity index (χ4v) is 2.32. The number of nitrogens with one attached hydrogen (secondary N) is 2. The fraction of sp³-hybridized carbons (Fsp3) is 0.467. The minimum absolute atomic E-state index is 0.0260. The van der Waals surface area contributed by atoms with Gasteiger partial charge in [-0.2, -0.15) is 0 Å². The second-order valence-corrected chi connectivity index (χ2v) is 6.75. The summed E-state index contributed by atoms with van der Waals surface area (Å²) in [7, 11) is 1.39. The molecule has 0 aromatic heterocycles. The van der Waals surface area contributed by atoms with E-state index < -0.39 is 28.3 Å². The topological polar surface area (TPSA) is 122 Å². The van der Waals surface area contributed by atoms with Gasteiger partial charge in [-0.25, -0.2) is 0 Å². The van der Waals surface area contributed by atoms with Gasteiger partial charge in [-0.05, 0) is 11.5 Å². The predicted molar refractivity (Wildman–Crippen MR) is 90.6 cm³/mol. The number of anilines is 1. The number of carboxylic acid groups (broad SMARTS) is 1. The maximum atomic E-state index is 11.7. The van der Waals surface area contributed by atoms with Crippen molar-refractivity contribution in [2.45, 2.75) is 33.2 Å². The SMILES string of the molecule is CNC(=O)c1cc([N+](=O)[O-])c(N[C@@H](CC(=O)O)C(C)(C)C)cc1Cl. The van der Waals surface area contributed by atoms with Gasteiger partial charge >= 0.3 is 5.97 Å². The third kappa shape index (κ3) is 4.82. The summed E-state index contributed by atoms with van der Waals surface area (Å²) >= 11 is 6.04. The molecule has 0 fully saturated rings. The Hall–Kier alpha value is -2.35. The van der Waals surface area contributed by atoms with Crippen molar-refractivity contribution >= 4 is 34.9 Å². The van der Waals surface area contributed by atoms with Gasteiger partial charge in [-0.3, -0.25) is 19.7 Å². The van der Waals surface area contributed by atoms with E-state index in [1.165, 1.54) is 13.1 Å². The highest BCUT2D eigenvalue weighted by Gasteiger charge is 2.30. The molecule has 1 atom stereocenters. The van der Waals surface area contributed by atoms with Crippen LogP contribution in [0, 0.1) is 15.5 Å². The van der Waals surface area contributed by atoms with Crippen LogP contribution in [-0.2, 0) is 4.79 Å². The number of carbonyl (C=O) groups is 2. The van der Waals surface area contributed by atoms with Gasteiger partial charge in [-0.15, -0.1) is 0 Å². The summed E-state index contributed by atoms with van der Waals surface area (Å²) in [5.41, 5.74) is -0.781. The second-order valence-electron chi connectivity index (χ2n) is 6.35. The van der Waals surface area contributed by atoms with E-state index in [0.717, 1.165) is 6.07 Å². The minimum atomic E-state index is -1.03. The van der Waals surface area contributed by atoms with E-state index in [1.807, 2.05) is 20.8 Å². The van der Waals surface area contributed by atoms with E-state index in [2.05, 4.69) is 10.6 Å². The number of aliphatic carboxylic acids is 1. The van der Waals surface area contributed by atoms with Crippen LogP contribution in [0.4, 0.5) is 11.4 Å². The lowest BCUT2D eigenvalue weighted by Crippen LogP contribution is -2.36. The third-order valence-electron chi connectivity index (χ3n) is 3.51. The van der Waals surface area contributed by atoms with Crippen LogP contribution in [0.1, 0.15) is 37.6 Å². The number of benzene rings is 1. The average Bonchev–Trinajstić information content (AvgIpc) is 2.44. The molecule has 0 aliphatic heterocycles. The Balaban J connectivity index is 3.36. The summed E-state index contributed by atoms with van der Waals surface area (Å²) in [5.74, 6) is -1.58. The molecule has 1 aromatic rings. The first-order chi connectivity index (χ1) is 11.0. The molecule has 0 aliphatic carbocycles. The predicted octanol–water partition coefficient (Wildman–Crippen LogP) is 2.91. The number of amides is 1. The molecule has 1 aromatic carbocycles. The van der Waals surface area contributed by atoms with E-state index in [-0.39, 0.29) is 28.4 Å². The van der Waals surface area contributed by atoms with Gasteiger partial charge in [-0.1, -0.05) is 32.4 Å². The number of rotatable bonds is 6. The molecule has 3 N–H and O–H groups in total. The number of halogens is 1. The van der Waals surface area contributed by atoms with Crippen LogP contribution in [0.5, 0.6) is 0 Å². The van der Waals surface area contributed by atoms with E-state index >= 15 is 0 Å². The van der Waals surface area contributed by atoms with Crippen LogP contribution in [0.3, 0.4) is 0 Å². The van der Waals surface area contributed by atoms with Crippen molar-refractivity contribution in [1.82, 2.24) is 5.32 Å². The molecule has 24 heavy (non-hydrogen) atoms. The molecule has 0 saturated heterocycles. The lowest BCUT2D eigenvalue weighted by atomic mass is 9.84. The largest absolute Gasteiger partial charge is 0.481 e. The van der Waals surface area contributed by atoms with Crippen molar-refractivity contribution in [3.63, 3.8) is 0 Å². The standard InChI is InChI=1S/C15H20ClN3O5/c1-15(2,3)12(7-13(20)21)18-10-6-9(16)8(14(22)17-4)5-11(10)19(23)24/h5-6,12,18H,7H2,1-4H3,(H,17,22)(H,20,21)/t12-/m0/s1. The first-order valence-electron chi connectivity index (χ1n) is 7.15. The lowest BCUT2D eigenvalue weighted by Gasteiger charge is -2.31. The third-order valence-corrected chi connectivity index (χ3v) is 3.82. The molecule has 0 heterocycles. The van der Waals surface area contributed by atoms with Gasteiger partial charge < -0.3 is 15.7 Å². The molecule has 0 bridgehead atoms. The van der Waals surface area contributed by atoms with Crippen molar-refractivity contribution < 1.29 is 19.6 Å². The van der Waals surface area contributed by atoms with Gasteiger partial charge in [0.15, 0.2) is 0 Å². The minimum Gasteiger partial charge on any atom is -0.481 e. The number of nitro groups is 1. The maximum Gasteiger partial charge on any atom is 0.305 e. The Kier molecular flexibility index (Phi) is 6.14. The summed E-state index contributed by atoms with van der Waals surface area (Å²) in [6.07, 6.45) is -0.227. The summed E-state index contributed by atoms with van der Waals surface area (Å²) in [6.45, 7) is 5.46. The Morgan fingerprint density at radius 2 is 1.96 bits per heavy atom. The Morgan fingerprint density at radius 1 is 1.38 bits per heavy atom. The van der Waals surface area contributed by atoms with E-state index in [0.29, 0.717) is 0 Å². The Morgan fingerprint density at radius 3 is 2.38 bits per heavy atom. The molecule has 0 unspecified atom stereocenters. The lowest BCUT2D eigenvalue weighted by molar-refractivity contribution is -0.384. The van der Waals surface area contributed by atoms with Crippen molar-refractivity contribution in [3.05, 3.63) is 32.8 Å². The highest BCUT2D eigenvalue weighted by atomic mass is 35.5. The zero-order valence-corrected chi connectivity index (χ0v) is 14.6. The molecule has 1 amide bonds. The summed E-state index contributed by atoms with van der Waals surface area (Å²) in [5, 5.41) is 25.7. The zero-order chi connectivity index (χ0) is 18.7. The highest BCUT2D eigenvalue weighted by Crippen LogP contribution is 2.34. The molecule has 132 valence electrons. The van der Waals surface area contributed by atoms with Gasteiger partial charge in [0.25, 0.3) is 11.6 Å². The molecule has 0 saturated carbocycles. The number of nitrogens with zero attached hydrogens (tertiary/aromatic N) is 1. The van der Waals surface area contributed by atoms with Crippen LogP contribution in [0.25, 0.3) is 0 Å². The zero-order valence-electron chi connectivity index (χ0n) is 13.8. The number of carbonyl (C=O) groups excluding carboxylic acids is 1. The van der Waals surface area contributed by atoms with Gasteiger partial charge in [0.1, 0.15) is 5.69 Å². The summed E-state index contributed by atoms with van der Waals surface area (Å²) in [4.78, 5) is 33.5. The molecule has 0 radical (unpaired) electrons. The van der Waals surface area contributed by atoms with Gasteiger partial charge in [0.05, 0.1) is 21.9 Å². The number of carboxylic acids is 1. The first kappa shape index (κ1) is 19.7. The molecular weight excluding hydrogens is 338 g/mol. The Bertz CT molecular complexity index is 670. The van der Waals surface area contributed by atoms with E-state index in [9.17, 15) is 19.7 Å². The highest BCUT2D eigenvalue weighted by molar-refractivity contribution is 6.34. The number of hydrogen-bond acceptors (Lipinski definition) is 5. The van der Waals surface area contributed by atoms with Crippen LogP contribution < -0.4 is 10.6 Å². The van der Waals surface area contributed by atoms with Gasteiger partial charge in [0.2, 0.25) is 0 Å². The van der Waals surface area contributed by atoms with Crippen molar-refractivity contribution in [2.75, 3.05) is 12.4 Å². The quantitative estimate of drug-likeness (QED) is 0.531. The van der Waals surface area contributed by atoms with E-state index in [4.69, 9.17) is 16.7 Å². The van der Waals surface area contributed by atoms with Crippen LogP contribution in [0.2, 0.25) is 5.02 Å².